The summed E-state index contributed by atoms with van der Waals surface area (Å²) in [6.45, 7) is 1.23. The monoisotopic (exact) mass is 350 g/mol. The number of hydrogen-bond acceptors (Lipinski definition) is 2. The third-order valence-corrected chi connectivity index (χ3v) is 4.17. The topological polar surface area (TPSA) is 29.3 Å². The lowest BCUT2D eigenvalue weighted by molar-refractivity contribution is 0.248. The molecule has 0 heterocycles. The van der Waals surface area contributed by atoms with Gasteiger partial charge in [-0.2, -0.15) is 0 Å². The fraction of sp³-hybridized carbons (Fsp3) is 0.294. The molecule has 2 nitrogen and oxygen atoms in total. The van der Waals surface area contributed by atoms with Gasteiger partial charge in [-0.1, -0.05) is 52.3 Å². The highest BCUT2D eigenvalue weighted by Gasteiger charge is 2.19. The van der Waals surface area contributed by atoms with Gasteiger partial charge in [0.1, 0.15) is 5.82 Å². The number of rotatable bonds is 6. The fourth-order valence-electron chi connectivity index (χ4n) is 2.42. The first-order valence-corrected chi connectivity index (χ1v) is 7.80. The number of nitrogens with two attached hydrogens (primary N) is 1. The Morgan fingerprint density at radius 2 is 1.90 bits per heavy atom. The molecule has 0 saturated heterocycles. The molecule has 112 valence electrons. The summed E-state index contributed by atoms with van der Waals surface area (Å²) in [6, 6.07) is 15.3. The highest BCUT2D eigenvalue weighted by Crippen LogP contribution is 2.24. The zero-order valence-electron chi connectivity index (χ0n) is 12.1. The molecule has 0 aliphatic carbocycles. The van der Waals surface area contributed by atoms with Gasteiger partial charge in [0.2, 0.25) is 0 Å². The molecule has 2 aromatic rings. The van der Waals surface area contributed by atoms with E-state index in [0.717, 1.165) is 17.4 Å². The van der Waals surface area contributed by atoms with Gasteiger partial charge in [-0.05, 0) is 31.2 Å². The standard InChI is InChI=1S/C17H20BrFN2/c1-21(10-9-13-5-3-2-4-6-13)17(12-20)15-8-7-14(18)11-16(15)19/h2-8,11,17H,9-10,12,20H2,1H3. The second kappa shape index (κ2) is 7.69. The molecule has 0 saturated carbocycles. The van der Waals surface area contributed by atoms with Gasteiger partial charge >= 0.3 is 0 Å². The summed E-state index contributed by atoms with van der Waals surface area (Å²) in [7, 11) is 1.99. The summed E-state index contributed by atoms with van der Waals surface area (Å²) in [5.41, 5.74) is 7.79. The molecule has 0 spiro atoms. The number of likely N-dealkylation sites (N-methyl/N-ethyl adjacent to an activating group) is 1. The highest BCUT2D eigenvalue weighted by molar-refractivity contribution is 9.10. The zero-order valence-corrected chi connectivity index (χ0v) is 13.7. The van der Waals surface area contributed by atoms with Crippen LogP contribution in [0.5, 0.6) is 0 Å². The van der Waals surface area contributed by atoms with Crippen LogP contribution in [-0.4, -0.2) is 25.0 Å². The van der Waals surface area contributed by atoms with Crippen LogP contribution in [0, 0.1) is 5.82 Å². The van der Waals surface area contributed by atoms with Crippen molar-refractivity contribution in [1.29, 1.82) is 0 Å². The van der Waals surface area contributed by atoms with E-state index in [1.807, 2.05) is 31.3 Å². The van der Waals surface area contributed by atoms with Crippen LogP contribution in [0.4, 0.5) is 4.39 Å². The Morgan fingerprint density at radius 3 is 2.52 bits per heavy atom. The van der Waals surface area contributed by atoms with Crippen LogP contribution in [0.25, 0.3) is 0 Å². The van der Waals surface area contributed by atoms with E-state index in [2.05, 4.69) is 33.0 Å². The zero-order chi connectivity index (χ0) is 15.2. The maximum Gasteiger partial charge on any atom is 0.129 e. The first-order chi connectivity index (χ1) is 10.1. The first kappa shape index (κ1) is 16.1. The van der Waals surface area contributed by atoms with Gasteiger partial charge in [0, 0.05) is 29.2 Å². The van der Waals surface area contributed by atoms with Crippen LogP contribution in [0.3, 0.4) is 0 Å². The molecular weight excluding hydrogens is 331 g/mol. The van der Waals surface area contributed by atoms with Gasteiger partial charge in [0.25, 0.3) is 0 Å². The predicted octanol–water partition coefficient (Wildman–Crippen LogP) is 3.76. The van der Waals surface area contributed by atoms with E-state index in [0.29, 0.717) is 12.1 Å². The van der Waals surface area contributed by atoms with E-state index in [-0.39, 0.29) is 11.9 Å². The summed E-state index contributed by atoms with van der Waals surface area (Å²) >= 11 is 3.28. The normalized spacial score (nSPS) is 12.6. The largest absolute Gasteiger partial charge is 0.329 e. The van der Waals surface area contributed by atoms with Crippen LogP contribution >= 0.6 is 15.9 Å². The SMILES string of the molecule is CN(CCc1ccccc1)C(CN)c1ccc(Br)cc1F. The number of halogens is 2. The van der Waals surface area contributed by atoms with Crippen molar-refractivity contribution in [1.82, 2.24) is 4.90 Å². The molecule has 4 heteroatoms. The van der Waals surface area contributed by atoms with E-state index in [9.17, 15) is 4.39 Å². The third kappa shape index (κ3) is 4.37. The Morgan fingerprint density at radius 1 is 1.19 bits per heavy atom. The van der Waals surface area contributed by atoms with Gasteiger partial charge in [-0.25, -0.2) is 4.39 Å². The molecule has 0 aliphatic heterocycles. The van der Waals surface area contributed by atoms with E-state index in [1.54, 1.807) is 6.07 Å². The minimum Gasteiger partial charge on any atom is -0.329 e. The molecule has 1 atom stereocenters. The Bertz CT molecular complexity index is 574. The molecule has 0 aliphatic rings. The first-order valence-electron chi connectivity index (χ1n) is 7.01. The van der Waals surface area contributed by atoms with Crippen LogP contribution < -0.4 is 5.73 Å². The number of hydrogen-bond donors (Lipinski definition) is 1. The molecule has 2 rings (SSSR count). The van der Waals surface area contributed by atoms with Crippen LogP contribution in [0.2, 0.25) is 0 Å². The molecule has 2 aromatic carbocycles. The Hall–Kier alpha value is -1.23. The Balaban J connectivity index is 2.06. The smallest absolute Gasteiger partial charge is 0.129 e. The maximum absolute atomic E-state index is 14.1. The van der Waals surface area contributed by atoms with Crippen molar-refractivity contribution < 1.29 is 4.39 Å². The second-order valence-corrected chi connectivity index (χ2v) is 6.05. The molecule has 0 amide bonds. The van der Waals surface area contributed by atoms with Crippen molar-refractivity contribution in [3.8, 4) is 0 Å². The molecule has 21 heavy (non-hydrogen) atoms. The van der Waals surface area contributed by atoms with Crippen molar-refractivity contribution in [3.05, 3.63) is 69.9 Å². The van der Waals surface area contributed by atoms with Crippen molar-refractivity contribution in [3.63, 3.8) is 0 Å². The summed E-state index contributed by atoms with van der Waals surface area (Å²) < 4.78 is 14.8. The van der Waals surface area contributed by atoms with E-state index in [4.69, 9.17) is 5.73 Å². The van der Waals surface area contributed by atoms with Crippen molar-refractivity contribution in [2.24, 2.45) is 5.73 Å². The van der Waals surface area contributed by atoms with E-state index < -0.39 is 0 Å². The molecule has 0 aromatic heterocycles. The van der Waals surface area contributed by atoms with Crippen molar-refractivity contribution in [2.75, 3.05) is 20.1 Å². The third-order valence-electron chi connectivity index (χ3n) is 3.67. The summed E-state index contributed by atoms with van der Waals surface area (Å²) in [5, 5.41) is 0. The van der Waals surface area contributed by atoms with Crippen molar-refractivity contribution >= 4 is 15.9 Å². The molecule has 0 radical (unpaired) electrons. The van der Waals surface area contributed by atoms with Gasteiger partial charge in [-0.15, -0.1) is 0 Å². The summed E-state index contributed by atoms with van der Waals surface area (Å²) in [4.78, 5) is 2.11. The lowest BCUT2D eigenvalue weighted by Crippen LogP contribution is -2.32. The van der Waals surface area contributed by atoms with Crippen LogP contribution in [-0.2, 0) is 6.42 Å². The maximum atomic E-state index is 14.1. The Labute approximate surface area is 133 Å². The van der Waals surface area contributed by atoms with E-state index >= 15 is 0 Å². The molecule has 2 N–H and O–H groups in total. The van der Waals surface area contributed by atoms with Crippen LogP contribution in [0.15, 0.2) is 53.0 Å². The van der Waals surface area contributed by atoms with Crippen LogP contribution in [0.1, 0.15) is 17.2 Å². The second-order valence-electron chi connectivity index (χ2n) is 5.13. The average Bonchev–Trinajstić information content (AvgIpc) is 2.49. The van der Waals surface area contributed by atoms with Gasteiger partial charge in [0.15, 0.2) is 0 Å². The summed E-state index contributed by atoms with van der Waals surface area (Å²) in [5.74, 6) is -0.216. The molecule has 0 bridgehead atoms. The lowest BCUT2D eigenvalue weighted by atomic mass is 10.0. The van der Waals surface area contributed by atoms with Crippen molar-refractivity contribution in [2.45, 2.75) is 12.5 Å². The number of nitrogens with zero attached hydrogens (tertiary/aromatic N) is 1. The molecule has 1 unspecified atom stereocenters. The quantitative estimate of drug-likeness (QED) is 0.859. The predicted molar refractivity (Wildman–Crippen MR) is 88.7 cm³/mol. The highest BCUT2D eigenvalue weighted by atomic mass is 79.9. The number of benzene rings is 2. The summed E-state index contributed by atoms with van der Waals surface area (Å²) in [6.07, 6.45) is 0.923. The average molecular weight is 351 g/mol. The minimum absolute atomic E-state index is 0.109. The van der Waals surface area contributed by atoms with E-state index in [1.165, 1.54) is 11.6 Å². The molecular formula is C17H20BrFN2. The van der Waals surface area contributed by atoms with Gasteiger partial charge < -0.3 is 5.73 Å². The molecule has 0 fully saturated rings. The lowest BCUT2D eigenvalue weighted by Gasteiger charge is -2.27. The van der Waals surface area contributed by atoms with Gasteiger partial charge in [-0.3, -0.25) is 4.90 Å². The van der Waals surface area contributed by atoms with Gasteiger partial charge in [0.05, 0.1) is 0 Å². The minimum atomic E-state index is -0.216. The fourth-order valence-corrected chi connectivity index (χ4v) is 2.76. The Kier molecular flexibility index (Phi) is 5.91.